The summed E-state index contributed by atoms with van der Waals surface area (Å²) in [6.45, 7) is 4.38. The molecule has 0 aromatic rings. The number of ether oxygens (including phenoxy) is 1. The van der Waals surface area contributed by atoms with Gasteiger partial charge in [0.1, 0.15) is 5.60 Å². The zero-order chi connectivity index (χ0) is 10.4. The largest absolute Gasteiger partial charge is 0.458 e. The van der Waals surface area contributed by atoms with Crippen LogP contribution in [0, 0.1) is 11.3 Å². The predicted molar refractivity (Wildman–Crippen MR) is 63.4 cm³/mol. The van der Waals surface area contributed by atoms with E-state index in [1.807, 2.05) is 0 Å². The maximum Gasteiger partial charge on any atom is 0.306 e. The van der Waals surface area contributed by atoms with Crippen LogP contribution in [0.5, 0.6) is 0 Å². The topological polar surface area (TPSA) is 26.3 Å². The summed E-state index contributed by atoms with van der Waals surface area (Å²) in [4.78, 5) is 11.4. The Morgan fingerprint density at radius 3 is 2.93 bits per heavy atom. The van der Waals surface area contributed by atoms with Crippen molar-refractivity contribution in [2.75, 3.05) is 4.43 Å². The van der Waals surface area contributed by atoms with Gasteiger partial charge in [-0.25, -0.2) is 0 Å². The summed E-state index contributed by atoms with van der Waals surface area (Å²) in [5.41, 5.74) is -0.120. The lowest BCUT2D eigenvalue weighted by atomic mass is 9.65. The molecule has 0 N–H and O–H groups in total. The van der Waals surface area contributed by atoms with Gasteiger partial charge in [-0.2, -0.15) is 0 Å². The number of hydrogen-bond donors (Lipinski definition) is 0. The Kier molecular flexibility index (Phi) is 2.40. The lowest BCUT2D eigenvalue weighted by molar-refractivity contribution is -0.148. The third kappa shape index (κ3) is 1.40. The molecule has 0 aromatic carbocycles. The summed E-state index contributed by atoms with van der Waals surface area (Å²) in [6.07, 6.45) is 5.86. The van der Waals surface area contributed by atoms with Crippen molar-refractivity contribution in [3.05, 3.63) is 12.2 Å². The molecule has 1 aliphatic heterocycles. The molecular weight excluding hydrogens is 291 g/mol. The first kappa shape index (κ1) is 10.5. The summed E-state index contributed by atoms with van der Waals surface area (Å²) < 4.78 is 6.44. The Morgan fingerprint density at radius 2 is 2.36 bits per heavy atom. The second-order valence-corrected chi connectivity index (χ2v) is 5.62. The Hall–Kier alpha value is -0.0600. The smallest absolute Gasteiger partial charge is 0.306 e. The van der Waals surface area contributed by atoms with Crippen LogP contribution in [-0.2, 0) is 9.53 Å². The molecular formula is C11H15IO2. The molecule has 2 aliphatic rings. The van der Waals surface area contributed by atoms with Gasteiger partial charge in [-0.05, 0) is 5.41 Å². The molecule has 0 spiro atoms. The number of carbonyl (C=O) groups is 1. The molecule has 1 aliphatic carbocycles. The van der Waals surface area contributed by atoms with Gasteiger partial charge in [0.25, 0.3) is 0 Å². The lowest BCUT2D eigenvalue weighted by Crippen LogP contribution is -2.45. The molecule has 3 heteroatoms. The quantitative estimate of drug-likeness (QED) is 0.322. The summed E-state index contributed by atoms with van der Waals surface area (Å²) in [5.74, 6) is 0.327. The number of carbonyl (C=O) groups excluding carboxylic acids is 1. The molecule has 0 amide bonds. The SMILES string of the molecule is CC1(C)C=CC[C@@]2(CI)OC(=O)C[C@@H]12. The lowest BCUT2D eigenvalue weighted by Gasteiger charge is -2.42. The van der Waals surface area contributed by atoms with Crippen LogP contribution >= 0.6 is 22.6 Å². The number of rotatable bonds is 1. The van der Waals surface area contributed by atoms with E-state index in [0.29, 0.717) is 12.3 Å². The van der Waals surface area contributed by atoms with E-state index in [4.69, 9.17) is 4.74 Å². The highest BCUT2D eigenvalue weighted by atomic mass is 127. The average molecular weight is 306 g/mol. The molecule has 1 heterocycles. The summed E-state index contributed by atoms with van der Waals surface area (Å²) >= 11 is 2.33. The molecule has 2 nitrogen and oxygen atoms in total. The molecule has 1 fully saturated rings. The van der Waals surface area contributed by atoms with Crippen LogP contribution in [-0.4, -0.2) is 16.0 Å². The standard InChI is InChI=1S/C11H15IO2/c1-10(2)4-3-5-11(7-12)8(10)6-9(13)14-11/h3-4,8H,5-7H2,1-2H3/t8-,11-/m0/s1. The van der Waals surface area contributed by atoms with Gasteiger partial charge >= 0.3 is 5.97 Å². The van der Waals surface area contributed by atoms with E-state index >= 15 is 0 Å². The Balaban J connectivity index is 2.39. The van der Waals surface area contributed by atoms with Crippen molar-refractivity contribution < 1.29 is 9.53 Å². The van der Waals surface area contributed by atoms with Gasteiger partial charge in [-0.15, -0.1) is 0 Å². The molecule has 0 bridgehead atoms. The van der Waals surface area contributed by atoms with Gasteiger partial charge in [0.05, 0.1) is 6.42 Å². The molecule has 0 radical (unpaired) electrons. The van der Waals surface area contributed by atoms with Crippen molar-refractivity contribution in [1.29, 1.82) is 0 Å². The summed E-state index contributed by atoms with van der Waals surface area (Å²) in [7, 11) is 0. The first-order valence-electron chi connectivity index (χ1n) is 4.96. The van der Waals surface area contributed by atoms with Crippen LogP contribution in [0.4, 0.5) is 0 Å². The normalized spacial score (nSPS) is 39.4. The van der Waals surface area contributed by atoms with Gasteiger partial charge in [-0.3, -0.25) is 4.79 Å². The number of hydrogen-bond acceptors (Lipinski definition) is 2. The van der Waals surface area contributed by atoms with E-state index in [2.05, 4.69) is 48.6 Å². The highest BCUT2D eigenvalue weighted by molar-refractivity contribution is 14.1. The van der Waals surface area contributed by atoms with Crippen molar-refractivity contribution in [2.24, 2.45) is 11.3 Å². The van der Waals surface area contributed by atoms with E-state index < -0.39 is 0 Å². The first-order valence-corrected chi connectivity index (χ1v) is 6.48. The van der Waals surface area contributed by atoms with Gasteiger partial charge in [0, 0.05) is 16.8 Å². The third-order valence-corrected chi connectivity index (χ3v) is 4.75. The van der Waals surface area contributed by atoms with Crippen molar-refractivity contribution in [2.45, 2.75) is 32.3 Å². The number of fused-ring (bicyclic) bond motifs is 1. The fourth-order valence-corrected chi connectivity index (χ4v) is 3.67. The highest BCUT2D eigenvalue weighted by Crippen LogP contribution is 2.50. The molecule has 2 atom stereocenters. The Labute approximate surface area is 98.2 Å². The number of esters is 1. The Morgan fingerprint density at radius 1 is 1.64 bits per heavy atom. The maximum absolute atomic E-state index is 11.4. The summed E-state index contributed by atoms with van der Waals surface area (Å²) in [6, 6.07) is 0. The third-order valence-electron chi connectivity index (χ3n) is 3.46. The fraction of sp³-hybridized carbons (Fsp3) is 0.727. The average Bonchev–Trinajstić information content (AvgIpc) is 2.44. The molecule has 14 heavy (non-hydrogen) atoms. The van der Waals surface area contributed by atoms with Crippen LogP contribution < -0.4 is 0 Å². The zero-order valence-electron chi connectivity index (χ0n) is 8.55. The predicted octanol–water partition coefficient (Wildman–Crippen LogP) is 2.71. The van der Waals surface area contributed by atoms with E-state index in [9.17, 15) is 4.79 Å². The van der Waals surface area contributed by atoms with Crippen LogP contribution in [0.15, 0.2) is 12.2 Å². The minimum Gasteiger partial charge on any atom is -0.458 e. The van der Waals surface area contributed by atoms with Gasteiger partial charge in [0.2, 0.25) is 0 Å². The zero-order valence-corrected chi connectivity index (χ0v) is 10.7. The van der Waals surface area contributed by atoms with Crippen molar-refractivity contribution in [3.63, 3.8) is 0 Å². The number of allylic oxidation sites excluding steroid dienone is 1. The van der Waals surface area contributed by atoms with Crippen LogP contribution in [0.25, 0.3) is 0 Å². The minimum atomic E-state index is -0.212. The molecule has 2 rings (SSSR count). The maximum atomic E-state index is 11.4. The second kappa shape index (κ2) is 3.22. The second-order valence-electron chi connectivity index (χ2n) is 4.86. The van der Waals surface area contributed by atoms with E-state index in [0.717, 1.165) is 10.8 Å². The van der Waals surface area contributed by atoms with Crippen molar-refractivity contribution >= 4 is 28.6 Å². The van der Waals surface area contributed by atoms with Crippen LogP contribution in [0.3, 0.4) is 0 Å². The summed E-state index contributed by atoms with van der Waals surface area (Å²) in [5, 5.41) is 0. The van der Waals surface area contributed by atoms with E-state index in [-0.39, 0.29) is 17.0 Å². The number of halogens is 1. The molecule has 0 saturated carbocycles. The number of alkyl halides is 1. The minimum absolute atomic E-state index is 0.0246. The van der Waals surface area contributed by atoms with Gasteiger partial charge in [0.15, 0.2) is 0 Å². The van der Waals surface area contributed by atoms with Crippen molar-refractivity contribution in [3.8, 4) is 0 Å². The van der Waals surface area contributed by atoms with Gasteiger partial charge < -0.3 is 4.74 Å². The van der Waals surface area contributed by atoms with Crippen molar-refractivity contribution in [1.82, 2.24) is 0 Å². The first-order chi connectivity index (χ1) is 6.50. The molecule has 78 valence electrons. The molecule has 0 aromatic heterocycles. The highest BCUT2D eigenvalue weighted by Gasteiger charge is 2.54. The monoisotopic (exact) mass is 306 g/mol. The molecule has 0 unspecified atom stereocenters. The van der Waals surface area contributed by atoms with Gasteiger partial charge in [-0.1, -0.05) is 48.6 Å². The van der Waals surface area contributed by atoms with E-state index in [1.165, 1.54) is 0 Å². The Bertz CT molecular complexity index is 296. The van der Waals surface area contributed by atoms with Crippen LogP contribution in [0.2, 0.25) is 0 Å². The van der Waals surface area contributed by atoms with E-state index in [1.54, 1.807) is 0 Å². The van der Waals surface area contributed by atoms with Crippen LogP contribution in [0.1, 0.15) is 26.7 Å². The fourth-order valence-electron chi connectivity index (χ4n) is 2.67. The molecule has 1 saturated heterocycles.